The molecule has 0 saturated heterocycles. The summed E-state index contributed by atoms with van der Waals surface area (Å²) in [5.41, 5.74) is 7.52. The van der Waals surface area contributed by atoms with Crippen molar-refractivity contribution in [1.82, 2.24) is 4.98 Å². The monoisotopic (exact) mass is 208 g/mol. The summed E-state index contributed by atoms with van der Waals surface area (Å²) in [6.07, 6.45) is 6.52. The SMILES string of the molecule is CCCCCCOc1nccc(C)c1N. The molecule has 3 nitrogen and oxygen atoms in total. The summed E-state index contributed by atoms with van der Waals surface area (Å²) < 4.78 is 5.53. The maximum absolute atomic E-state index is 5.84. The smallest absolute Gasteiger partial charge is 0.237 e. The van der Waals surface area contributed by atoms with Gasteiger partial charge in [-0.25, -0.2) is 4.98 Å². The van der Waals surface area contributed by atoms with Crippen LogP contribution < -0.4 is 10.5 Å². The van der Waals surface area contributed by atoms with Crippen molar-refractivity contribution in [3.05, 3.63) is 17.8 Å². The normalized spacial score (nSPS) is 10.3. The summed E-state index contributed by atoms with van der Waals surface area (Å²) in [4.78, 5) is 4.11. The highest BCUT2D eigenvalue weighted by atomic mass is 16.5. The molecule has 0 radical (unpaired) electrons. The second-order valence-electron chi connectivity index (χ2n) is 3.76. The van der Waals surface area contributed by atoms with Gasteiger partial charge in [-0.3, -0.25) is 0 Å². The molecule has 0 fully saturated rings. The molecular formula is C12H20N2O. The Kier molecular flexibility index (Phi) is 4.95. The van der Waals surface area contributed by atoms with Crippen molar-refractivity contribution in [3.63, 3.8) is 0 Å². The fourth-order valence-electron chi connectivity index (χ4n) is 1.36. The van der Waals surface area contributed by atoms with Crippen LogP contribution in [0.1, 0.15) is 38.2 Å². The maximum Gasteiger partial charge on any atom is 0.237 e. The fraction of sp³-hybridized carbons (Fsp3) is 0.583. The van der Waals surface area contributed by atoms with E-state index in [1.54, 1.807) is 6.20 Å². The number of nitrogens with two attached hydrogens (primary N) is 1. The molecule has 0 atom stereocenters. The Morgan fingerprint density at radius 1 is 1.33 bits per heavy atom. The number of pyridine rings is 1. The minimum absolute atomic E-state index is 0.575. The lowest BCUT2D eigenvalue weighted by Crippen LogP contribution is -2.03. The van der Waals surface area contributed by atoms with Crippen LogP contribution >= 0.6 is 0 Å². The first-order chi connectivity index (χ1) is 7.25. The van der Waals surface area contributed by atoms with Gasteiger partial charge in [0.2, 0.25) is 5.88 Å². The van der Waals surface area contributed by atoms with Crippen LogP contribution in [0.3, 0.4) is 0 Å². The van der Waals surface area contributed by atoms with Crippen LogP contribution in [0.2, 0.25) is 0 Å². The Hall–Kier alpha value is -1.25. The van der Waals surface area contributed by atoms with E-state index in [1.165, 1.54) is 19.3 Å². The molecule has 0 aromatic carbocycles. The Morgan fingerprint density at radius 3 is 2.87 bits per heavy atom. The van der Waals surface area contributed by atoms with Crippen LogP contribution in [0, 0.1) is 6.92 Å². The number of anilines is 1. The van der Waals surface area contributed by atoms with Gasteiger partial charge < -0.3 is 10.5 Å². The first kappa shape index (κ1) is 11.8. The summed E-state index contributed by atoms with van der Waals surface area (Å²) in [7, 11) is 0. The van der Waals surface area contributed by atoms with Crippen molar-refractivity contribution < 1.29 is 4.74 Å². The van der Waals surface area contributed by atoms with E-state index in [0.29, 0.717) is 18.2 Å². The molecule has 0 aliphatic carbocycles. The highest BCUT2D eigenvalue weighted by Crippen LogP contribution is 2.21. The third-order valence-electron chi connectivity index (χ3n) is 2.41. The largest absolute Gasteiger partial charge is 0.476 e. The van der Waals surface area contributed by atoms with Crippen molar-refractivity contribution in [2.24, 2.45) is 0 Å². The van der Waals surface area contributed by atoms with E-state index >= 15 is 0 Å². The quantitative estimate of drug-likeness (QED) is 0.731. The lowest BCUT2D eigenvalue weighted by atomic mass is 10.2. The highest BCUT2D eigenvalue weighted by Gasteiger charge is 2.03. The zero-order valence-corrected chi connectivity index (χ0v) is 9.62. The van der Waals surface area contributed by atoms with Gasteiger partial charge in [0.25, 0.3) is 0 Å². The number of nitrogen functional groups attached to an aromatic ring is 1. The van der Waals surface area contributed by atoms with Crippen LogP contribution in [-0.2, 0) is 0 Å². The Morgan fingerprint density at radius 2 is 2.13 bits per heavy atom. The van der Waals surface area contributed by atoms with Gasteiger partial charge in [-0.15, -0.1) is 0 Å². The Labute approximate surface area is 91.7 Å². The topological polar surface area (TPSA) is 48.1 Å². The predicted octanol–water partition coefficient (Wildman–Crippen LogP) is 2.93. The number of rotatable bonds is 6. The van der Waals surface area contributed by atoms with Crippen molar-refractivity contribution in [2.75, 3.05) is 12.3 Å². The van der Waals surface area contributed by atoms with E-state index in [4.69, 9.17) is 10.5 Å². The van der Waals surface area contributed by atoms with Gasteiger partial charge in [0.15, 0.2) is 0 Å². The highest BCUT2D eigenvalue weighted by molar-refractivity contribution is 5.53. The molecule has 0 spiro atoms. The molecule has 0 bridgehead atoms. The van der Waals surface area contributed by atoms with E-state index in [2.05, 4.69) is 11.9 Å². The molecule has 84 valence electrons. The van der Waals surface area contributed by atoms with Crippen LogP contribution in [0.5, 0.6) is 5.88 Å². The van der Waals surface area contributed by atoms with Crippen LogP contribution in [0.25, 0.3) is 0 Å². The summed E-state index contributed by atoms with van der Waals surface area (Å²) in [5.74, 6) is 0.575. The molecule has 0 aliphatic heterocycles. The molecule has 15 heavy (non-hydrogen) atoms. The van der Waals surface area contributed by atoms with Gasteiger partial charge in [-0.1, -0.05) is 26.2 Å². The average molecular weight is 208 g/mol. The first-order valence-electron chi connectivity index (χ1n) is 5.59. The van der Waals surface area contributed by atoms with E-state index in [1.807, 2.05) is 13.0 Å². The van der Waals surface area contributed by atoms with Crippen molar-refractivity contribution >= 4 is 5.69 Å². The molecule has 0 aliphatic rings. The standard InChI is InChI=1S/C12H20N2O/c1-3-4-5-6-9-15-12-11(13)10(2)7-8-14-12/h7-8H,3-6,9,13H2,1-2H3. The number of hydrogen-bond acceptors (Lipinski definition) is 3. The third kappa shape index (κ3) is 3.78. The molecule has 0 amide bonds. The lowest BCUT2D eigenvalue weighted by Gasteiger charge is -2.08. The number of hydrogen-bond donors (Lipinski definition) is 1. The van der Waals surface area contributed by atoms with E-state index in [0.717, 1.165) is 12.0 Å². The molecule has 1 aromatic heterocycles. The van der Waals surface area contributed by atoms with Crippen LogP contribution in [0.15, 0.2) is 12.3 Å². The van der Waals surface area contributed by atoms with Gasteiger partial charge in [0.05, 0.1) is 12.3 Å². The molecule has 0 saturated carbocycles. The Bertz CT molecular complexity index is 300. The molecule has 1 aromatic rings. The molecule has 1 rings (SSSR count). The fourth-order valence-corrected chi connectivity index (χ4v) is 1.36. The number of aromatic nitrogens is 1. The zero-order chi connectivity index (χ0) is 11.1. The number of unbranched alkanes of at least 4 members (excludes halogenated alkanes) is 3. The van der Waals surface area contributed by atoms with Gasteiger partial charge >= 0.3 is 0 Å². The van der Waals surface area contributed by atoms with Crippen molar-refractivity contribution in [3.8, 4) is 5.88 Å². The summed E-state index contributed by atoms with van der Waals surface area (Å²) >= 11 is 0. The number of nitrogens with zero attached hydrogens (tertiary/aromatic N) is 1. The second-order valence-corrected chi connectivity index (χ2v) is 3.76. The maximum atomic E-state index is 5.84. The van der Waals surface area contributed by atoms with Gasteiger partial charge in [0.1, 0.15) is 0 Å². The Balaban J connectivity index is 2.34. The second kappa shape index (κ2) is 6.27. The number of ether oxygens (including phenoxy) is 1. The summed E-state index contributed by atoms with van der Waals surface area (Å²) in [6, 6.07) is 1.89. The predicted molar refractivity (Wildman–Crippen MR) is 63.0 cm³/mol. The van der Waals surface area contributed by atoms with Crippen LogP contribution in [0.4, 0.5) is 5.69 Å². The minimum Gasteiger partial charge on any atom is -0.476 e. The molecule has 2 N–H and O–H groups in total. The minimum atomic E-state index is 0.575. The van der Waals surface area contributed by atoms with Gasteiger partial charge in [0, 0.05) is 6.20 Å². The first-order valence-corrected chi connectivity index (χ1v) is 5.59. The molecule has 0 unspecified atom stereocenters. The van der Waals surface area contributed by atoms with Gasteiger partial charge in [-0.05, 0) is 25.0 Å². The third-order valence-corrected chi connectivity index (χ3v) is 2.41. The number of aryl methyl sites for hydroxylation is 1. The van der Waals surface area contributed by atoms with Crippen molar-refractivity contribution in [2.45, 2.75) is 39.5 Å². The molecular weight excluding hydrogens is 188 g/mol. The van der Waals surface area contributed by atoms with E-state index in [9.17, 15) is 0 Å². The van der Waals surface area contributed by atoms with E-state index < -0.39 is 0 Å². The van der Waals surface area contributed by atoms with Crippen molar-refractivity contribution in [1.29, 1.82) is 0 Å². The summed E-state index contributed by atoms with van der Waals surface area (Å²) in [5, 5.41) is 0. The van der Waals surface area contributed by atoms with Crippen LogP contribution in [-0.4, -0.2) is 11.6 Å². The summed E-state index contributed by atoms with van der Waals surface area (Å²) in [6.45, 7) is 4.86. The van der Waals surface area contributed by atoms with Gasteiger partial charge in [-0.2, -0.15) is 0 Å². The molecule has 3 heteroatoms. The van der Waals surface area contributed by atoms with E-state index in [-0.39, 0.29) is 0 Å². The average Bonchev–Trinajstić information content (AvgIpc) is 2.24. The lowest BCUT2D eigenvalue weighted by molar-refractivity contribution is 0.295. The molecule has 1 heterocycles. The zero-order valence-electron chi connectivity index (χ0n) is 9.62.